The van der Waals surface area contributed by atoms with Crippen molar-refractivity contribution < 1.29 is 4.42 Å². The molecule has 0 fully saturated rings. The van der Waals surface area contributed by atoms with E-state index >= 15 is 0 Å². The van der Waals surface area contributed by atoms with Gasteiger partial charge < -0.3 is 18.5 Å². The van der Waals surface area contributed by atoms with Gasteiger partial charge in [0, 0.05) is 56.0 Å². The Kier molecular flexibility index (Phi) is 6.64. The molecule has 0 bridgehead atoms. The van der Waals surface area contributed by atoms with Crippen molar-refractivity contribution >= 4 is 82.6 Å². The molecule has 0 saturated carbocycles. The second-order valence-corrected chi connectivity index (χ2v) is 13.7. The predicted molar refractivity (Wildman–Crippen MR) is 223 cm³/mol. The highest BCUT2D eigenvalue weighted by Gasteiger charge is 2.20. The number of benzene rings is 8. The Morgan fingerprint density at radius 2 is 0.833 bits per heavy atom. The first-order valence-corrected chi connectivity index (χ1v) is 18.1. The Labute approximate surface area is 309 Å². The molecule has 3 heterocycles. The largest absolute Gasteiger partial charge is 0.456 e. The van der Waals surface area contributed by atoms with E-state index < -0.39 is 0 Å². The third kappa shape index (κ3) is 4.55. The third-order valence-electron chi connectivity index (χ3n) is 10.7. The minimum absolute atomic E-state index is 0.0250. The van der Waals surface area contributed by atoms with Crippen molar-refractivity contribution in [2.45, 2.75) is 0 Å². The topological polar surface area (TPSA) is 43.3 Å². The quantitative estimate of drug-likeness (QED) is 0.169. The van der Waals surface area contributed by atoms with E-state index in [1.54, 1.807) is 0 Å². The summed E-state index contributed by atoms with van der Waals surface area (Å²) in [5, 5.41) is 5.83. The van der Waals surface area contributed by atoms with Crippen molar-refractivity contribution in [3.8, 4) is 11.4 Å². The average Bonchev–Trinajstić information content (AvgIpc) is 3.74. The molecule has 0 aliphatic rings. The highest BCUT2D eigenvalue weighted by atomic mass is 16.3. The smallest absolute Gasteiger partial charge is 0.200 e. The molecule has 3 aromatic heterocycles. The van der Waals surface area contributed by atoms with E-state index in [4.69, 9.17) is 4.42 Å². The SMILES string of the molecule is O=c1c2ccccc2oc2cc(-n3c4ccc(N(c5ccccc5)c5ccccc5)cc4c4cc(-n5c6ccccc6c6ccccc65)ccc43)ccc12. The summed E-state index contributed by atoms with van der Waals surface area (Å²) in [6, 6.07) is 65.1. The fraction of sp³-hybridized carbons (Fsp3) is 0. The molecule has 11 rings (SSSR count). The molecule has 5 nitrogen and oxygen atoms in total. The molecule has 54 heavy (non-hydrogen) atoms. The summed E-state index contributed by atoms with van der Waals surface area (Å²) in [4.78, 5) is 15.8. The van der Waals surface area contributed by atoms with Gasteiger partial charge in [0.2, 0.25) is 5.43 Å². The lowest BCUT2D eigenvalue weighted by molar-refractivity contribution is 0.659. The maximum absolute atomic E-state index is 13.5. The summed E-state index contributed by atoms with van der Waals surface area (Å²) in [6.45, 7) is 0. The van der Waals surface area contributed by atoms with Crippen LogP contribution in [0.3, 0.4) is 0 Å². The third-order valence-corrected chi connectivity index (χ3v) is 10.7. The van der Waals surface area contributed by atoms with E-state index in [2.05, 4.69) is 147 Å². The van der Waals surface area contributed by atoms with Gasteiger partial charge >= 0.3 is 0 Å². The minimum Gasteiger partial charge on any atom is -0.456 e. The van der Waals surface area contributed by atoms with Gasteiger partial charge in [-0.3, -0.25) is 4.79 Å². The summed E-state index contributed by atoms with van der Waals surface area (Å²) >= 11 is 0. The Bertz CT molecular complexity index is 3210. The fourth-order valence-corrected chi connectivity index (χ4v) is 8.29. The zero-order valence-corrected chi connectivity index (χ0v) is 29.1. The first-order chi connectivity index (χ1) is 26.7. The van der Waals surface area contributed by atoms with Gasteiger partial charge in [0.25, 0.3) is 0 Å². The molecule has 0 atom stereocenters. The molecule has 0 aliphatic heterocycles. The monoisotopic (exact) mass is 693 g/mol. The van der Waals surface area contributed by atoms with E-state index in [1.807, 2.05) is 54.6 Å². The van der Waals surface area contributed by atoms with Crippen molar-refractivity contribution in [3.05, 3.63) is 198 Å². The Balaban J connectivity index is 1.20. The number of nitrogens with zero attached hydrogens (tertiary/aromatic N) is 3. The van der Waals surface area contributed by atoms with Crippen LogP contribution in [-0.2, 0) is 0 Å². The number of rotatable bonds is 5. The van der Waals surface area contributed by atoms with Gasteiger partial charge in [-0.25, -0.2) is 0 Å². The fourth-order valence-electron chi connectivity index (χ4n) is 8.29. The van der Waals surface area contributed by atoms with Crippen LogP contribution in [0.1, 0.15) is 0 Å². The lowest BCUT2D eigenvalue weighted by Crippen LogP contribution is -2.09. The van der Waals surface area contributed by atoms with Crippen LogP contribution in [0.4, 0.5) is 17.1 Å². The van der Waals surface area contributed by atoms with Crippen LogP contribution in [0.5, 0.6) is 0 Å². The number of hydrogen-bond donors (Lipinski definition) is 0. The minimum atomic E-state index is -0.0250. The van der Waals surface area contributed by atoms with E-state index in [0.717, 1.165) is 50.2 Å². The highest BCUT2D eigenvalue weighted by molar-refractivity contribution is 6.13. The van der Waals surface area contributed by atoms with Gasteiger partial charge in [-0.15, -0.1) is 0 Å². The predicted octanol–water partition coefficient (Wildman–Crippen LogP) is 12.6. The maximum atomic E-state index is 13.5. The summed E-state index contributed by atoms with van der Waals surface area (Å²) in [6.07, 6.45) is 0. The van der Waals surface area contributed by atoms with E-state index in [0.29, 0.717) is 21.9 Å². The molecular weight excluding hydrogens is 663 g/mol. The molecule has 254 valence electrons. The normalized spacial score (nSPS) is 11.8. The molecular formula is C49H31N3O2. The highest BCUT2D eigenvalue weighted by Crippen LogP contribution is 2.41. The standard InChI is InChI=1S/C49H31N3O2/c53-49-39-19-9-12-22-47(39)54-48-31-36(23-26-40(48)49)52-45-27-24-34(50(32-13-3-1-4-14-32)33-15-5-2-6-16-33)29-41(45)42-30-35(25-28-46(42)52)51-43-20-10-7-17-37(43)38-18-8-11-21-44(38)51/h1-31H. The van der Waals surface area contributed by atoms with Crippen LogP contribution in [0.2, 0.25) is 0 Å². The van der Waals surface area contributed by atoms with Crippen LogP contribution in [0.15, 0.2) is 197 Å². The van der Waals surface area contributed by atoms with Gasteiger partial charge in [-0.1, -0.05) is 84.9 Å². The molecule has 0 saturated heterocycles. The van der Waals surface area contributed by atoms with Crippen LogP contribution >= 0.6 is 0 Å². The van der Waals surface area contributed by atoms with E-state index in [9.17, 15) is 4.79 Å². The summed E-state index contributed by atoms with van der Waals surface area (Å²) in [5.41, 5.74) is 10.8. The Morgan fingerprint density at radius 1 is 0.352 bits per heavy atom. The lowest BCUT2D eigenvalue weighted by Gasteiger charge is -2.25. The van der Waals surface area contributed by atoms with Gasteiger partial charge in [0.1, 0.15) is 11.2 Å². The average molecular weight is 694 g/mol. The van der Waals surface area contributed by atoms with Gasteiger partial charge in [-0.2, -0.15) is 0 Å². The number of aromatic nitrogens is 2. The molecule has 0 spiro atoms. The second-order valence-electron chi connectivity index (χ2n) is 13.7. The van der Waals surface area contributed by atoms with Crippen LogP contribution in [0.25, 0.3) is 76.9 Å². The molecule has 0 radical (unpaired) electrons. The van der Waals surface area contributed by atoms with Gasteiger partial charge in [0.15, 0.2) is 0 Å². The maximum Gasteiger partial charge on any atom is 0.200 e. The Hall–Kier alpha value is -7.37. The van der Waals surface area contributed by atoms with Crippen molar-refractivity contribution in [1.29, 1.82) is 0 Å². The number of anilines is 3. The summed E-state index contributed by atoms with van der Waals surface area (Å²) in [7, 11) is 0. The van der Waals surface area contributed by atoms with Crippen LogP contribution in [-0.4, -0.2) is 9.13 Å². The molecule has 8 aromatic carbocycles. The second kappa shape index (κ2) is 11.8. The summed E-state index contributed by atoms with van der Waals surface area (Å²) < 4.78 is 11.0. The number of para-hydroxylation sites is 5. The van der Waals surface area contributed by atoms with E-state index in [-0.39, 0.29) is 5.43 Å². The van der Waals surface area contributed by atoms with Crippen LogP contribution in [0, 0.1) is 0 Å². The van der Waals surface area contributed by atoms with Crippen molar-refractivity contribution in [1.82, 2.24) is 9.13 Å². The molecule has 11 aromatic rings. The lowest BCUT2D eigenvalue weighted by atomic mass is 10.1. The molecule has 0 amide bonds. The molecule has 0 N–H and O–H groups in total. The first kappa shape index (κ1) is 30.3. The van der Waals surface area contributed by atoms with Crippen LogP contribution < -0.4 is 10.3 Å². The molecule has 0 unspecified atom stereocenters. The van der Waals surface area contributed by atoms with Crippen molar-refractivity contribution in [3.63, 3.8) is 0 Å². The molecule has 5 heteroatoms. The zero-order chi connectivity index (χ0) is 35.8. The summed E-state index contributed by atoms with van der Waals surface area (Å²) in [5.74, 6) is 0. The van der Waals surface area contributed by atoms with Gasteiger partial charge in [-0.05, 0) is 97.1 Å². The number of hydrogen-bond acceptors (Lipinski definition) is 3. The first-order valence-electron chi connectivity index (χ1n) is 18.1. The number of fused-ring (bicyclic) bond motifs is 8. The van der Waals surface area contributed by atoms with Crippen molar-refractivity contribution in [2.75, 3.05) is 4.90 Å². The zero-order valence-electron chi connectivity index (χ0n) is 29.1. The van der Waals surface area contributed by atoms with E-state index in [1.165, 1.54) is 21.8 Å². The van der Waals surface area contributed by atoms with Gasteiger partial charge in [0.05, 0.1) is 32.8 Å². The Morgan fingerprint density at radius 3 is 1.50 bits per heavy atom. The molecule has 0 aliphatic carbocycles. The van der Waals surface area contributed by atoms with Crippen molar-refractivity contribution in [2.24, 2.45) is 0 Å².